The molecule has 0 atom stereocenters. The number of carbonyl (C=O) groups excluding carboxylic acids is 1. The number of ether oxygens (including phenoxy) is 1. The van der Waals surface area contributed by atoms with Gasteiger partial charge in [0.05, 0.1) is 27.9 Å². The van der Waals surface area contributed by atoms with Gasteiger partial charge in [0.15, 0.2) is 5.57 Å². The van der Waals surface area contributed by atoms with Crippen molar-refractivity contribution in [1.29, 1.82) is 5.26 Å². The Kier molecular flexibility index (Phi) is 6.03. The van der Waals surface area contributed by atoms with E-state index in [-0.39, 0.29) is 33.5 Å². The average molecular weight is 329 g/mol. The first kappa shape index (κ1) is 16.8. The molecule has 0 amide bonds. The van der Waals surface area contributed by atoms with Gasteiger partial charge >= 0.3 is 11.9 Å². The quantitative estimate of drug-likeness (QED) is 0.489. The number of aromatic carboxylic acids is 1. The van der Waals surface area contributed by atoms with Gasteiger partial charge < -0.3 is 15.2 Å². The Labute approximate surface area is 130 Å². The Morgan fingerprint density at radius 2 is 2.14 bits per heavy atom. The third kappa shape index (κ3) is 4.12. The smallest absolute Gasteiger partial charge is 0.350 e. The number of rotatable bonds is 5. The lowest BCUT2D eigenvalue weighted by Crippen LogP contribution is -2.08. The van der Waals surface area contributed by atoms with E-state index in [4.69, 9.17) is 33.6 Å². The fourth-order valence-corrected chi connectivity index (χ4v) is 1.94. The second kappa shape index (κ2) is 7.53. The van der Waals surface area contributed by atoms with E-state index in [1.165, 1.54) is 12.1 Å². The van der Waals surface area contributed by atoms with Gasteiger partial charge in [-0.05, 0) is 19.1 Å². The highest BCUT2D eigenvalue weighted by Gasteiger charge is 2.17. The van der Waals surface area contributed by atoms with Gasteiger partial charge in [0, 0.05) is 6.20 Å². The average Bonchev–Trinajstić information content (AvgIpc) is 2.41. The standard InChI is InChI=1S/C13H10Cl2N2O4/c1-2-21-13(20)7(5-16)6-17-9-4-3-8(14)10(11(9)15)12(18)19/h3-4,6,17H,2H2,1H3,(H,18,19). The summed E-state index contributed by atoms with van der Waals surface area (Å²) in [5, 5.41) is 20.3. The lowest BCUT2D eigenvalue weighted by atomic mass is 10.2. The molecule has 8 heteroatoms. The third-order valence-corrected chi connectivity index (χ3v) is 3.00. The molecule has 0 aliphatic rings. The number of carboxylic acids is 1. The molecule has 0 radical (unpaired) electrons. The minimum absolute atomic E-state index is 0.0204. The minimum atomic E-state index is -1.29. The van der Waals surface area contributed by atoms with Crippen LogP contribution in [-0.2, 0) is 9.53 Å². The molecule has 0 spiro atoms. The summed E-state index contributed by atoms with van der Waals surface area (Å²) in [6, 6.07) is 4.42. The number of nitrogens with zero attached hydrogens (tertiary/aromatic N) is 1. The fourth-order valence-electron chi connectivity index (χ4n) is 1.36. The molecule has 21 heavy (non-hydrogen) atoms. The molecule has 0 unspecified atom stereocenters. The molecular weight excluding hydrogens is 319 g/mol. The molecule has 0 bridgehead atoms. The Balaban J connectivity index is 3.09. The van der Waals surface area contributed by atoms with Gasteiger partial charge in [-0.2, -0.15) is 5.26 Å². The number of anilines is 1. The summed E-state index contributed by atoms with van der Waals surface area (Å²) >= 11 is 11.7. The Hall–Kier alpha value is -2.23. The van der Waals surface area contributed by atoms with Crippen LogP contribution in [0.2, 0.25) is 10.0 Å². The van der Waals surface area contributed by atoms with Crippen molar-refractivity contribution in [3.05, 3.63) is 39.5 Å². The van der Waals surface area contributed by atoms with Gasteiger partial charge in [0.25, 0.3) is 0 Å². The second-order valence-corrected chi connectivity index (χ2v) is 4.41. The van der Waals surface area contributed by atoms with E-state index in [0.29, 0.717) is 0 Å². The molecule has 1 rings (SSSR count). The zero-order valence-corrected chi connectivity index (χ0v) is 12.3. The highest BCUT2D eigenvalue weighted by Crippen LogP contribution is 2.31. The van der Waals surface area contributed by atoms with Crippen molar-refractivity contribution in [3.63, 3.8) is 0 Å². The Morgan fingerprint density at radius 3 is 2.67 bits per heavy atom. The highest BCUT2D eigenvalue weighted by molar-refractivity contribution is 6.41. The van der Waals surface area contributed by atoms with Crippen molar-refractivity contribution in [3.8, 4) is 6.07 Å². The molecule has 2 N–H and O–H groups in total. The molecule has 0 saturated carbocycles. The number of halogens is 2. The zero-order chi connectivity index (χ0) is 16.0. The molecule has 110 valence electrons. The molecule has 0 fully saturated rings. The first-order valence-electron chi connectivity index (χ1n) is 5.67. The maximum atomic E-state index is 11.4. The maximum absolute atomic E-state index is 11.4. The summed E-state index contributed by atoms with van der Waals surface area (Å²) in [6.07, 6.45) is 1.08. The van der Waals surface area contributed by atoms with Crippen LogP contribution in [0.5, 0.6) is 0 Å². The largest absolute Gasteiger partial charge is 0.478 e. The van der Waals surface area contributed by atoms with E-state index in [1.54, 1.807) is 13.0 Å². The van der Waals surface area contributed by atoms with Crippen LogP contribution < -0.4 is 5.32 Å². The van der Waals surface area contributed by atoms with Crippen LogP contribution in [0.25, 0.3) is 0 Å². The SMILES string of the molecule is CCOC(=O)C(C#N)=CNc1ccc(Cl)c(C(=O)O)c1Cl. The first-order chi connectivity index (χ1) is 9.92. The molecule has 0 saturated heterocycles. The Bertz CT molecular complexity index is 650. The van der Waals surface area contributed by atoms with Gasteiger partial charge in [-0.1, -0.05) is 23.2 Å². The third-order valence-electron chi connectivity index (χ3n) is 2.29. The van der Waals surface area contributed by atoms with Crippen molar-refractivity contribution < 1.29 is 19.4 Å². The number of carboxylic acid groups (broad SMARTS) is 1. The van der Waals surface area contributed by atoms with E-state index in [0.717, 1.165) is 6.20 Å². The molecule has 0 aliphatic carbocycles. The zero-order valence-electron chi connectivity index (χ0n) is 10.8. The molecule has 0 aromatic heterocycles. The van der Waals surface area contributed by atoms with Crippen LogP contribution in [0.15, 0.2) is 23.9 Å². The molecule has 1 aromatic rings. The Morgan fingerprint density at radius 1 is 1.48 bits per heavy atom. The van der Waals surface area contributed by atoms with Gasteiger partial charge in [-0.15, -0.1) is 0 Å². The lowest BCUT2D eigenvalue weighted by molar-refractivity contribution is -0.138. The van der Waals surface area contributed by atoms with Crippen LogP contribution in [0.4, 0.5) is 5.69 Å². The molecule has 6 nitrogen and oxygen atoms in total. The van der Waals surface area contributed by atoms with Crippen LogP contribution in [-0.4, -0.2) is 23.7 Å². The molecular formula is C13H10Cl2N2O4. The van der Waals surface area contributed by atoms with Crippen LogP contribution in [0.1, 0.15) is 17.3 Å². The van der Waals surface area contributed by atoms with Gasteiger partial charge in [0.1, 0.15) is 6.07 Å². The molecule has 0 aliphatic heterocycles. The van der Waals surface area contributed by atoms with Gasteiger partial charge in [-0.25, -0.2) is 9.59 Å². The number of hydrogen-bond acceptors (Lipinski definition) is 5. The fraction of sp³-hybridized carbons (Fsp3) is 0.154. The number of nitriles is 1. The number of hydrogen-bond donors (Lipinski definition) is 2. The topological polar surface area (TPSA) is 99.4 Å². The summed E-state index contributed by atoms with van der Waals surface area (Å²) in [7, 11) is 0. The number of carbonyl (C=O) groups is 2. The lowest BCUT2D eigenvalue weighted by Gasteiger charge is -2.08. The second-order valence-electron chi connectivity index (χ2n) is 3.62. The molecule has 0 heterocycles. The van der Waals surface area contributed by atoms with E-state index in [2.05, 4.69) is 10.1 Å². The highest BCUT2D eigenvalue weighted by atomic mass is 35.5. The summed E-state index contributed by atoms with van der Waals surface area (Å²) in [4.78, 5) is 22.5. The maximum Gasteiger partial charge on any atom is 0.350 e. The van der Waals surface area contributed by atoms with Crippen LogP contribution in [0.3, 0.4) is 0 Å². The van der Waals surface area contributed by atoms with Crippen LogP contribution >= 0.6 is 23.2 Å². The van der Waals surface area contributed by atoms with Gasteiger partial charge in [0.2, 0.25) is 0 Å². The van der Waals surface area contributed by atoms with E-state index in [9.17, 15) is 9.59 Å². The summed E-state index contributed by atoms with van der Waals surface area (Å²) in [5.74, 6) is -2.08. The predicted molar refractivity (Wildman–Crippen MR) is 77.4 cm³/mol. The van der Waals surface area contributed by atoms with Crippen molar-refractivity contribution in [2.75, 3.05) is 11.9 Å². The van der Waals surface area contributed by atoms with Crippen molar-refractivity contribution in [1.82, 2.24) is 0 Å². The summed E-state index contributed by atoms with van der Waals surface area (Å²) < 4.78 is 4.68. The normalized spacial score (nSPS) is 10.7. The van der Waals surface area contributed by atoms with Crippen molar-refractivity contribution >= 4 is 40.8 Å². The van der Waals surface area contributed by atoms with Crippen LogP contribution in [0, 0.1) is 11.3 Å². The number of esters is 1. The first-order valence-corrected chi connectivity index (χ1v) is 6.43. The predicted octanol–water partition coefficient (Wildman–Crippen LogP) is 3.07. The van der Waals surface area contributed by atoms with E-state index >= 15 is 0 Å². The summed E-state index contributed by atoms with van der Waals surface area (Å²) in [6.45, 7) is 1.73. The summed E-state index contributed by atoms with van der Waals surface area (Å²) in [5.41, 5.74) is -0.360. The molecule has 1 aromatic carbocycles. The van der Waals surface area contributed by atoms with E-state index < -0.39 is 11.9 Å². The van der Waals surface area contributed by atoms with Crippen molar-refractivity contribution in [2.24, 2.45) is 0 Å². The van der Waals surface area contributed by atoms with Gasteiger partial charge in [-0.3, -0.25) is 0 Å². The number of benzene rings is 1. The van der Waals surface area contributed by atoms with E-state index in [1.807, 2.05) is 0 Å². The number of nitrogens with one attached hydrogen (secondary N) is 1. The monoisotopic (exact) mass is 328 g/mol. The minimum Gasteiger partial charge on any atom is -0.478 e. The van der Waals surface area contributed by atoms with Crippen molar-refractivity contribution in [2.45, 2.75) is 6.92 Å².